The Morgan fingerprint density at radius 2 is 1.60 bits per heavy atom. The molecule has 0 aliphatic rings. The van der Waals surface area contributed by atoms with Crippen LogP contribution in [0.4, 0.5) is 11.4 Å². The molecule has 0 radical (unpaired) electrons. The van der Waals surface area contributed by atoms with E-state index < -0.39 is 5.91 Å². The van der Waals surface area contributed by atoms with Crippen molar-refractivity contribution in [1.29, 1.82) is 5.26 Å². The average Bonchev–Trinajstić information content (AvgIpc) is 2.78. The van der Waals surface area contributed by atoms with Gasteiger partial charge in [-0.3, -0.25) is 9.59 Å². The van der Waals surface area contributed by atoms with Gasteiger partial charge in [-0.1, -0.05) is 30.3 Å². The Morgan fingerprint density at radius 1 is 0.900 bits per heavy atom. The van der Waals surface area contributed by atoms with Crippen LogP contribution in [0.1, 0.15) is 15.9 Å². The van der Waals surface area contributed by atoms with Gasteiger partial charge in [0.1, 0.15) is 17.4 Å². The zero-order chi connectivity index (χ0) is 21.3. The first kappa shape index (κ1) is 20.4. The van der Waals surface area contributed by atoms with Gasteiger partial charge in [0.25, 0.3) is 11.8 Å². The molecule has 30 heavy (non-hydrogen) atoms. The van der Waals surface area contributed by atoms with Crippen LogP contribution in [-0.2, 0) is 4.79 Å². The lowest BCUT2D eigenvalue weighted by Gasteiger charge is -2.07. The Labute approximate surface area is 174 Å². The highest BCUT2D eigenvalue weighted by Gasteiger charge is 2.10. The number of hydrogen-bond acceptors (Lipinski definition) is 4. The lowest BCUT2D eigenvalue weighted by Crippen LogP contribution is -2.13. The molecule has 0 heterocycles. The molecule has 2 amide bonds. The molecule has 0 bridgehead atoms. The summed E-state index contributed by atoms with van der Waals surface area (Å²) in [5.74, 6) is -0.117. The van der Waals surface area contributed by atoms with Crippen LogP contribution in [0.2, 0.25) is 0 Å². The first-order valence-corrected chi connectivity index (χ1v) is 9.12. The molecule has 0 spiro atoms. The van der Waals surface area contributed by atoms with Gasteiger partial charge < -0.3 is 15.4 Å². The standard InChI is InChI=1S/C24H19N3O3/c1-30-22-12-10-18(11-13-22)23(28)27-21-9-5-6-17(15-21)14-19(16-25)24(29)26-20-7-3-2-4-8-20/h2-15H,1H3,(H,26,29)(H,27,28)/b19-14+. The van der Waals surface area contributed by atoms with Crippen LogP contribution < -0.4 is 15.4 Å². The number of benzene rings is 3. The van der Waals surface area contributed by atoms with Gasteiger partial charge in [-0.25, -0.2) is 0 Å². The van der Waals surface area contributed by atoms with Gasteiger partial charge in [-0.05, 0) is 60.2 Å². The third-order valence-electron chi connectivity index (χ3n) is 4.20. The number of hydrogen-bond donors (Lipinski definition) is 2. The summed E-state index contributed by atoms with van der Waals surface area (Å²) in [4.78, 5) is 24.8. The van der Waals surface area contributed by atoms with Crippen LogP contribution in [0, 0.1) is 11.3 Å². The lowest BCUT2D eigenvalue weighted by atomic mass is 10.1. The number of carbonyl (C=O) groups excluding carboxylic acids is 2. The van der Waals surface area contributed by atoms with Gasteiger partial charge in [0.2, 0.25) is 0 Å². The summed E-state index contributed by atoms with van der Waals surface area (Å²) in [5.41, 5.74) is 2.20. The third kappa shape index (κ3) is 5.33. The van der Waals surface area contributed by atoms with Crippen LogP contribution in [0.15, 0.2) is 84.4 Å². The summed E-state index contributed by atoms with van der Waals surface area (Å²) >= 11 is 0. The summed E-state index contributed by atoms with van der Waals surface area (Å²) in [6.07, 6.45) is 1.47. The van der Waals surface area contributed by atoms with Gasteiger partial charge in [0.15, 0.2) is 0 Å². The van der Waals surface area contributed by atoms with E-state index in [0.29, 0.717) is 28.3 Å². The molecule has 0 fully saturated rings. The van der Waals surface area contributed by atoms with Crippen molar-refractivity contribution >= 4 is 29.3 Å². The van der Waals surface area contributed by atoms with Crippen LogP contribution >= 0.6 is 0 Å². The van der Waals surface area contributed by atoms with Gasteiger partial charge >= 0.3 is 0 Å². The largest absolute Gasteiger partial charge is 0.497 e. The highest BCUT2D eigenvalue weighted by Crippen LogP contribution is 2.17. The topological polar surface area (TPSA) is 91.2 Å². The molecule has 0 aromatic heterocycles. The maximum Gasteiger partial charge on any atom is 0.266 e. The first-order valence-electron chi connectivity index (χ1n) is 9.12. The highest BCUT2D eigenvalue weighted by atomic mass is 16.5. The van der Waals surface area contributed by atoms with Gasteiger partial charge in [-0.15, -0.1) is 0 Å². The Morgan fingerprint density at radius 3 is 2.27 bits per heavy atom. The lowest BCUT2D eigenvalue weighted by molar-refractivity contribution is -0.112. The second-order valence-corrected chi connectivity index (χ2v) is 6.30. The van der Waals surface area contributed by atoms with E-state index in [4.69, 9.17) is 4.74 Å². The van der Waals surface area contributed by atoms with Crippen molar-refractivity contribution in [2.75, 3.05) is 17.7 Å². The van der Waals surface area contributed by atoms with Gasteiger partial charge in [0.05, 0.1) is 7.11 Å². The molecule has 6 heteroatoms. The maximum absolute atomic E-state index is 12.4. The quantitative estimate of drug-likeness (QED) is 0.473. The van der Waals surface area contributed by atoms with E-state index in [1.54, 1.807) is 79.9 Å². The first-order chi connectivity index (χ1) is 14.6. The number of anilines is 2. The average molecular weight is 397 g/mol. The van der Waals surface area contributed by atoms with Crippen molar-refractivity contribution in [3.63, 3.8) is 0 Å². The Bertz CT molecular complexity index is 1110. The molecule has 3 aromatic carbocycles. The number of methoxy groups -OCH3 is 1. The molecule has 148 valence electrons. The summed E-state index contributed by atoms with van der Waals surface area (Å²) < 4.78 is 5.09. The maximum atomic E-state index is 12.4. The smallest absolute Gasteiger partial charge is 0.266 e. The Balaban J connectivity index is 1.73. The molecule has 2 N–H and O–H groups in total. The molecule has 0 aliphatic carbocycles. The predicted molar refractivity (Wildman–Crippen MR) is 116 cm³/mol. The summed E-state index contributed by atoms with van der Waals surface area (Å²) in [5, 5.41) is 14.9. The third-order valence-corrected chi connectivity index (χ3v) is 4.20. The van der Waals surface area contributed by atoms with Crippen LogP contribution in [0.5, 0.6) is 5.75 Å². The van der Waals surface area contributed by atoms with Crippen molar-refractivity contribution in [3.05, 3.63) is 95.6 Å². The summed E-state index contributed by atoms with van der Waals surface area (Å²) in [6, 6.07) is 24.5. The molecular formula is C24H19N3O3. The summed E-state index contributed by atoms with van der Waals surface area (Å²) in [6.45, 7) is 0. The molecule has 0 saturated carbocycles. The number of carbonyl (C=O) groups is 2. The fourth-order valence-electron chi connectivity index (χ4n) is 2.69. The number of ether oxygens (including phenoxy) is 1. The number of rotatable bonds is 6. The second kappa shape index (κ2) is 9.71. The molecule has 3 aromatic rings. The van der Waals surface area contributed by atoms with Crippen molar-refractivity contribution in [2.45, 2.75) is 0 Å². The minimum Gasteiger partial charge on any atom is -0.497 e. The molecule has 0 saturated heterocycles. The highest BCUT2D eigenvalue weighted by molar-refractivity contribution is 6.10. The van der Waals surface area contributed by atoms with Crippen LogP contribution in [-0.4, -0.2) is 18.9 Å². The molecule has 3 rings (SSSR count). The number of nitrogens with zero attached hydrogens (tertiary/aromatic N) is 1. The van der Waals surface area contributed by atoms with Gasteiger partial charge in [-0.2, -0.15) is 5.26 Å². The monoisotopic (exact) mass is 397 g/mol. The Hall–Kier alpha value is -4.37. The van der Waals surface area contributed by atoms with E-state index in [2.05, 4.69) is 10.6 Å². The van der Waals surface area contributed by atoms with E-state index in [1.807, 2.05) is 12.1 Å². The molecule has 0 aliphatic heterocycles. The molecule has 0 atom stereocenters. The number of para-hydroxylation sites is 1. The normalized spacial score (nSPS) is 10.6. The van der Waals surface area contributed by atoms with E-state index in [1.165, 1.54) is 6.08 Å². The molecule has 0 unspecified atom stereocenters. The van der Waals surface area contributed by atoms with E-state index in [9.17, 15) is 14.9 Å². The zero-order valence-electron chi connectivity index (χ0n) is 16.3. The predicted octanol–water partition coefficient (Wildman–Crippen LogP) is 4.49. The second-order valence-electron chi connectivity index (χ2n) is 6.30. The Kier molecular flexibility index (Phi) is 6.59. The van der Waals surface area contributed by atoms with Crippen molar-refractivity contribution in [1.82, 2.24) is 0 Å². The van der Waals surface area contributed by atoms with Gasteiger partial charge in [0, 0.05) is 16.9 Å². The molecular weight excluding hydrogens is 378 g/mol. The number of nitrogens with one attached hydrogen (secondary N) is 2. The number of nitriles is 1. The van der Waals surface area contributed by atoms with E-state index >= 15 is 0 Å². The van der Waals surface area contributed by atoms with E-state index in [-0.39, 0.29) is 11.5 Å². The SMILES string of the molecule is COc1ccc(C(=O)Nc2cccc(/C=C(\C#N)C(=O)Nc3ccccc3)c2)cc1. The minimum atomic E-state index is -0.503. The summed E-state index contributed by atoms with van der Waals surface area (Å²) in [7, 11) is 1.56. The van der Waals surface area contributed by atoms with Crippen molar-refractivity contribution in [3.8, 4) is 11.8 Å². The van der Waals surface area contributed by atoms with Crippen LogP contribution in [0.25, 0.3) is 6.08 Å². The fourth-order valence-corrected chi connectivity index (χ4v) is 2.69. The zero-order valence-corrected chi connectivity index (χ0v) is 16.3. The fraction of sp³-hybridized carbons (Fsp3) is 0.0417. The van der Waals surface area contributed by atoms with Crippen molar-refractivity contribution < 1.29 is 14.3 Å². The minimum absolute atomic E-state index is 0.0440. The number of amides is 2. The van der Waals surface area contributed by atoms with Crippen molar-refractivity contribution in [2.24, 2.45) is 0 Å². The molecule has 6 nitrogen and oxygen atoms in total. The van der Waals surface area contributed by atoms with E-state index in [0.717, 1.165) is 0 Å². The van der Waals surface area contributed by atoms with Crippen LogP contribution in [0.3, 0.4) is 0 Å².